The Bertz CT molecular complexity index is 1130. The van der Waals surface area contributed by atoms with Crippen LogP contribution in [0.1, 0.15) is 22.8 Å². The number of aromatic nitrogens is 4. The van der Waals surface area contributed by atoms with Crippen LogP contribution >= 0.6 is 0 Å². The van der Waals surface area contributed by atoms with E-state index in [1.54, 1.807) is 0 Å². The van der Waals surface area contributed by atoms with Gasteiger partial charge in [0, 0.05) is 0 Å². The van der Waals surface area contributed by atoms with E-state index >= 15 is 0 Å². The second-order valence-electron chi connectivity index (χ2n) is 6.61. The molecule has 0 amide bonds. The highest BCUT2D eigenvalue weighted by Crippen LogP contribution is 2.15. The summed E-state index contributed by atoms with van der Waals surface area (Å²) < 4.78 is 0. The first kappa shape index (κ1) is 16.3. The van der Waals surface area contributed by atoms with E-state index in [1.807, 2.05) is 60.7 Å². The molecule has 2 aromatic heterocycles. The fourth-order valence-corrected chi connectivity index (χ4v) is 3.17. The molecule has 0 bridgehead atoms. The van der Waals surface area contributed by atoms with Crippen molar-refractivity contribution in [3.05, 3.63) is 95.6 Å². The molecule has 5 aromatic rings. The molecule has 3 aromatic carbocycles. The van der Waals surface area contributed by atoms with Crippen LogP contribution in [0, 0.1) is 0 Å². The molecule has 0 aliphatic heterocycles. The van der Waals surface area contributed by atoms with Gasteiger partial charge in [0.05, 0.1) is 22.1 Å². The van der Waals surface area contributed by atoms with Crippen LogP contribution in [0.2, 0.25) is 0 Å². The molecule has 0 radical (unpaired) electrons. The number of aromatic amines is 2. The molecule has 2 heterocycles. The standard InChI is InChI=1S/C24H18N4/c1-2-6-20-19(5-1)25-23(26-20)15-13-17-9-11-18(12-10-17)14-16-24-27-21-7-3-4-8-22(21)28-24/h1-16H,(H,25,26)(H,27,28)/b15-13+,16-14+. The Morgan fingerprint density at radius 2 is 0.929 bits per heavy atom. The van der Waals surface area contributed by atoms with E-state index in [0.717, 1.165) is 44.8 Å². The lowest BCUT2D eigenvalue weighted by Gasteiger charge is -1.95. The smallest absolute Gasteiger partial charge is 0.131 e. The minimum atomic E-state index is 0.857. The quantitative estimate of drug-likeness (QED) is 0.426. The Hall–Kier alpha value is -3.92. The molecule has 0 fully saturated rings. The maximum absolute atomic E-state index is 4.56. The second-order valence-corrected chi connectivity index (χ2v) is 6.61. The molecule has 4 nitrogen and oxygen atoms in total. The van der Waals surface area contributed by atoms with Crippen molar-refractivity contribution in [3.63, 3.8) is 0 Å². The van der Waals surface area contributed by atoms with Crippen LogP contribution in [0.5, 0.6) is 0 Å². The van der Waals surface area contributed by atoms with E-state index in [-0.39, 0.29) is 0 Å². The second kappa shape index (κ2) is 7.00. The zero-order valence-corrected chi connectivity index (χ0v) is 15.1. The van der Waals surface area contributed by atoms with Gasteiger partial charge in [0.15, 0.2) is 0 Å². The zero-order chi connectivity index (χ0) is 18.8. The topological polar surface area (TPSA) is 57.4 Å². The summed E-state index contributed by atoms with van der Waals surface area (Å²) in [6, 6.07) is 24.5. The third-order valence-corrected chi connectivity index (χ3v) is 4.62. The number of nitrogens with zero attached hydrogens (tertiary/aromatic N) is 2. The van der Waals surface area contributed by atoms with E-state index in [1.165, 1.54) is 0 Å². The van der Waals surface area contributed by atoms with Gasteiger partial charge in [-0.25, -0.2) is 9.97 Å². The van der Waals surface area contributed by atoms with Crippen LogP contribution in [-0.4, -0.2) is 19.9 Å². The first-order valence-electron chi connectivity index (χ1n) is 9.19. The van der Waals surface area contributed by atoms with E-state index < -0.39 is 0 Å². The van der Waals surface area contributed by atoms with Gasteiger partial charge in [-0.3, -0.25) is 0 Å². The lowest BCUT2D eigenvalue weighted by molar-refractivity contribution is 1.29. The van der Waals surface area contributed by atoms with E-state index in [0.29, 0.717) is 0 Å². The zero-order valence-electron chi connectivity index (χ0n) is 15.1. The highest BCUT2D eigenvalue weighted by molar-refractivity contribution is 5.80. The number of fused-ring (bicyclic) bond motifs is 2. The molecule has 0 aliphatic carbocycles. The van der Waals surface area contributed by atoms with Crippen LogP contribution in [0.15, 0.2) is 72.8 Å². The van der Waals surface area contributed by atoms with Gasteiger partial charge in [-0.05, 0) is 47.5 Å². The molecule has 4 heteroatoms. The predicted octanol–water partition coefficient (Wildman–Crippen LogP) is 5.78. The molecular weight excluding hydrogens is 344 g/mol. The van der Waals surface area contributed by atoms with Gasteiger partial charge in [0.2, 0.25) is 0 Å². The number of hydrogen-bond donors (Lipinski definition) is 2. The number of para-hydroxylation sites is 4. The van der Waals surface area contributed by atoms with Gasteiger partial charge >= 0.3 is 0 Å². The van der Waals surface area contributed by atoms with Gasteiger partial charge < -0.3 is 9.97 Å². The first-order valence-corrected chi connectivity index (χ1v) is 9.19. The van der Waals surface area contributed by atoms with Crippen molar-refractivity contribution in [2.24, 2.45) is 0 Å². The Balaban J connectivity index is 1.30. The molecule has 0 saturated heterocycles. The summed E-state index contributed by atoms with van der Waals surface area (Å²) >= 11 is 0. The van der Waals surface area contributed by atoms with Crippen molar-refractivity contribution in [1.82, 2.24) is 19.9 Å². The first-order chi connectivity index (χ1) is 13.8. The lowest BCUT2D eigenvalue weighted by Crippen LogP contribution is -1.77. The normalized spacial score (nSPS) is 12.0. The van der Waals surface area contributed by atoms with Crippen molar-refractivity contribution in [3.8, 4) is 0 Å². The van der Waals surface area contributed by atoms with Crippen molar-refractivity contribution < 1.29 is 0 Å². The van der Waals surface area contributed by atoms with Crippen LogP contribution in [0.3, 0.4) is 0 Å². The van der Waals surface area contributed by atoms with E-state index in [9.17, 15) is 0 Å². The van der Waals surface area contributed by atoms with Crippen LogP contribution < -0.4 is 0 Å². The highest BCUT2D eigenvalue weighted by atomic mass is 14.9. The predicted molar refractivity (Wildman–Crippen MR) is 116 cm³/mol. The minimum absolute atomic E-state index is 0.857. The molecule has 0 spiro atoms. The maximum Gasteiger partial charge on any atom is 0.131 e. The molecule has 28 heavy (non-hydrogen) atoms. The summed E-state index contributed by atoms with van der Waals surface area (Å²) in [5, 5.41) is 0. The Kier molecular flexibility index (Phi) is 4.07. The Morgan fingerprint density at radius 3 is 1.36 bits per heavy atom. The number of rotatable bonds is 4. The Labute approximate surface area is 162 Å². The lowest BCUT2D eigenvalue weighted by atomic mass is 10.1. The average molecular weight is 362 g/mol. The summed E-state index contributed by atoms with van der Waals surface area (Å²) in [6.07, 6.45) is 8.12. The van der Waals surface area contributed by atoms with Crippen molar-refractivity contribution in [1.29, 1.82) is 0 Å². The molecule has 0 saturated carbocycles. The monoisotopic (exact) mass is 362 g/mol. The number of H-pyrrole nitrogens is 2. The third kappa shape index (κ3) is 3.35. The van der Waals surface area contributed by atoms with Gasteiger partial charge in [-0.1, -0.05) is 60.7 Å². The maximum atomic E-state index is 4.56. The van der Waals surface area contributed by atoms with Crippen molar-refractivity contribution in [2.45, 2.75) is 0 Å². The molecular formula is C24H18N4. The van der Waals surface area contributed by atoms with Gasteiger partial charge in [0.25, 0.3) is 0 Å². The SMILES string of the molecule is C(=C\c1nc2ccccc2[nH]1)/c1ccc(/C=C/c2nc3ccccc3[nH]2)cc1. The fraction of sp³-hybridized carbons (Fsp3) is 0. The average Bonchev–Trinajstić information content (AvgIpc) is 3.34. The molecule has 2 N–H and O–H groups in total. The number of nitrogens with one attached hydrogen (secondary N) is 2. The van der Waals surface area contributed by atoms with Crippen molar-refractivity contribution >= 4 is 46.4 Å². The molecule has 134 valence electrons. The number of imidazole rings is 2. The summed E-state index contributed by atoms with van der Waals surface area (Å²) in [7, 11) is 0. The summed E-state index contributed by atoms with van der Waals surface area (Å²) in [6.45, 7) is 0. The van der Waals surface area contributed by atoms with Crippen LogP contribution in [0.25, 0.3) is 46.4 Å². The van der Waals surface area contributed by atoms with Gasteiger partial charge in [-0.15, -0.1) is 0 Å². The molecule has 0 atom stereocenters. The largest absolute Gasteiger partial charge is 0.338 e. The Morgan fingerprint density at radius 1 is 0.500 bits per heavy atom. The van der Waals surface area contributed by atoms with Crippen molar-refractivity contribution in [2.75, 3.05) is 0 Å². The highest BCUT2D eigenvalue weighted by Gasteiger charge is 1.99. The van der Waals surface area contributed by atoms with Crippen LogP contribution in [-0.2, 0) is 0 Å². The molecule has 0 unspecified atom stereocenters. The summed E-state index contributed by atoms with van der Waals surface area (Å²) in [4.78, 5) is 15.7. The number of benzene rings is 3. The molecule has 0 aliphatic rings. The summed E-state index contributed by atoms with van der Waals surface area (Å²) in [5.74, 6) is 1.71. The number of hydrogen-bond acceptors (Lipinski definition) is 2. The van der Waals surface area contributed by atoms with Gasteiger partial charge in [-0.2, -0.15) is 0 Å². The van der Waals surface area contributed by atoms with Crippen LogP contribution in [0.4, 0.5) is 0 Å². The summed E-state index contributed by atoms with van der Waals surface area (Å²) in [5.41, 5.74) is 6.31. The third-order valence-electron chi connectivity index (χ3n) is 4.62. The molecule has 5 rings (SSSR count). The van der Waals surface area contributed by atoms with E-state index in [4.69, 9.17) is 0 Å². The fourth-order valence-electron chi connectivity index (χ4n) is 3.17. The van der Waals surface area contributed by atoms with Gasteiger partial charge in [0.1, 0.15) is 11.6 Å². The minimum Gasteiger partial charge on any atom is -0.338 e. The van der Waals surface area contributed by atoms with E-state index in [2.05, 4.69) is 56.4 Å².